The molecule has 7 nitrogen and oxygen atoms in total. The van der Waals surface area contributed by atoms with Gasteiger partial charge < -0.3 is 15.4 Å². The first kappa shape index (κ1) is 24.0. The molecule has 154 valence electrons. The number of benzene rings is 1. The molecule has 1 fully saturated rings. The topological polar surface area (TPSA) is 83.0 Å². The third-order valence-electron chi connectivity index (χ3n) is 3.78. The molecule has 1 aromatic carbocycles. The van der Waals surface area contributed by atoms with E-state index in [2.05, 4.69) is 15.6 Å². The fourth-order valence-corrected chi connectivity index (χ4v) is 3.75. The van der Waals surface area contributed by atoms with Gasteiger partial charge in [-0.05, 0) is 25.1 Å². The predicted octanol–water partition coefficient (Wildman–Crippen LogP) is 1.30. The molecule has 2 N–H and O–H groups in total. The van der Waals surface area contributed by atoms with E-state index in [1.165, 1.54) is 4.31 Å². The number of hydrogen-bond donors (Lipinski definition) is 2. The highest BCUT2D eigenvalue weighted by atomic mass is 127. The molecule has 1 aromatic rings. The minimum absolute atomic E-state index is 0. The molecule has 0 spiro atoms. The van der Waals surface area contributed by atoms with Crippen LogP contribution < -0.4 is 10.6 Å². The number of sulfonamides is 1. The van der Waals surface area contributed by atoms with Gasteiger partial charge in [-0.25, -0.2) is 22.2 Å². The molecule has 0 bridgehead atoms. The molecule has 0 radical (unpaired) electrons. The maximum Gasteiger partial charge on any atom is 0.215 e. The Bertz CT molecular complexity index is 728. The average molecular weight is 518 g/mol. The zero-order valence-corrected chi connectivity index (χ0v) is 18.2. The van der Waals surface area contributed by atoms with E-state index in [0.29, 0.717) is 38.8 Å². The number of aliphatic imine (C=N–C) groups is 1. The van der Waals surface area contributed by atoms with Crippen LogP contribution in [-0.2, 0) is 21.3 Å². The summed E-state index contributed by atoms with van der Waals surface area (Å²) in [6, 6.07) is 3.18. The van der Waals surface area contributed by atoms with Crippen molar-refractivity contribution in [3.05, 3.63) is 35.4 Å². The van der Waals surface area contributed by atoms with Gasteiger partial charge in [0.2, 0.25) is 10.0 Å². The molecule has 11 heteroatoms. The van der Waals surface area contributed by atoms with E-state index in [1.807, 2.05) is 6.92 Å². The highest BCUT2D eigenvalue weighted by Gasteiger charge is 2.23. The number of morpholine rings is 1. The summed E-state index contributed by atoms with van der Waals surface area (Å²) in [5.41, 5.74) is 0.128. The summed E-state index contributed by atoms with van der Waals surface area (Å²) in [5, 5.41) is 5.85. The maximum atomic E-state index is 13.6. The van der Waals surface area contributed by atoms with Gasteiger partial charge in [-0.2, -0.15) is 4.31 Å². The predicted molar refractivity (Wildman–Crippen MR) is 111 cm³/mol. The van der Waals surface area contributed by atoms with Crippen LogP contribution in [0.15, 0.2) is 23.2 Å². The van der Waals surface area contributed by atoms with Crippen molar-refractivity contribution in [2.24, 2.45) is 4.99 Å². The Morgan fingerprint density at radius 1 is 1.26 bits per heavy atom. The molecule has 0 atom stereocenters. The third kappa shape index (κ3) is 7.84. The lowest BCUT2D eigenvalue weighted by molar-refractivity contribution is 0.0730. The fourth-order valence-electron chi connectivity index (χ4n) is 2.42. The molecule has 1 aliphatic heterocycles. The first-order chi connectivity index (χ1) is 12.4. The van der Waals surface area contributed by atoms with Gasteiger partial charge in [-0.3, -0.25) is 0 Å². The van der Waals surface area contributed by atoms with E-state index in [9.17, 15) is 17.2 Å². The molecule has 27 heavy (non-hydrogen) atoms. The smallest absolute Gasteiger partial charge is 0.215 e. The molecule has 0 unspecified atom stereocenters. The van der Waals surface area contributed by atoms with E-state index < -0.39 is 21.7 Å². The lowest BCUT2D eigenvalue weighted by atomic mass is 10.2. The van der Waals surface area contributed by atoms with Crippen molar-refractivity contribution in [1.29, 1.82) is 0 Å². The normalized spacial score (nSPS) is 15.9. The average Bonchev–Trinajstić information content (AvgIpc) is 2.63. The van der Waals surface area contributed by atoms with Crippen molar-refractivity contribution in [1.82, 2.24) is 14.9 Å². The van der Waals surface area contributed by atoms with Crippen LogP contribution in [-0.4, -0.2) is 63.8 Å². The van der Waals surface area contributed by atoms with Crippen LogP contribution in [0.3, 0.4) is 0 Å². The number of guanidine groups is 1. The van der Waals surface area contributed by atoms with Crippen LogP contribution in [0, 0.1) is 11.6 Å². The molecular weight excluding hydrogens is 493 g/mol. The van der Waals surface area contributed by atoms with Crippen molar-refractivity contribution in [2.75, 3.05) is 45.1 Å². The number of nitrogens with zero attached hydrogens (tertiary/aromatic N) is 2. The van der Waals surface area contributed by atoms with Crippen LogP contribution in [0.4, 0.5) is 8.78 Å². The molecule has 1 aliphatic rings. The minimum Gasteiger partial charge on any atom is -0.379 e. The minimum atomic E-state index is -3.37. The number of halogens is 3. The third-order valence-corrected chi connectivity index (χ3v) is 5.65. The van der Waals surface area contributed by atoms with Crippen molar-refractivity contribution < 1.29 is 21.9 Å². The van der Waals surface area contributed by atoms with Crippen LogP contribution in [0.25, 0.3) is 0 Å². The highest BCUT2D eigenvalue weighted by molar-refractivity contribution is 14.0. The van der Waals surface area contributed by atoms with Crippen molar-refractivity contribution in [2.45, 2.75) is 13.5 Å². The monoisotopic (exact) mass is 518 g/mol. The van der Waals surface area contributed by atoms with Gasteiger partial charge in [0, 0.05) is 31.7 Å². The Kier molecular flexibility index (Phi) is 10.4. The van der Waals surface area contributed by atoms with Gasteiger partial charge in [0.05, 0.1) is 25.5 Å². The van der Waals surface area contributed by atoms with E-state index in [4.69, 9.17) is 4.74 Å². The Hall–Kier alpha value is -1.05. The molecule has 0 saturated carbocycles. The van der Waals surface area contributed by atoms with Crippen LogP contribution >= 0.6 is 24.0 Å². The molecule has 0 amide bonds. The Balaban J connectivity index is 0.00000364. The summed E-state index contributed by atoms with van der Waals surface area (Å²) in [4.78, 5) is 4.18. The second-order valence-corrected chi connectivity index (χ2v) is 7.77. The SMILES string of the molecule is CCNC(=NCc1cc(F)ccc1F)NCCS(=O)(=O)N1CCOCC1.I. The molecule has 2 rings (SSSR count). The summed E-state index contributed by atoms with van der Waals surface area (Å²) in [6.45, 7) is 4.00. The number of hydrogen-bond acceptors (Lipinski definition) is 4. The lowest BCUT2D eigenvalue weighted by Gasteiger charge is -2.26. The maximum absolute atomic E-state index is 13.6. The zero-order chi connectivity index (χ0) is 19.0. The second kappa shape index (κ2) is 11.7. The van der Waals surface area contributed by atoms with Gasteiger partial charge in [0.1, 0.15) is 11.6 Å². The van der Waals surface area contributed by atoms with Gasteiger partial charge in [-0.1, -0.05) is 0 Å². The van der Waals surface area contributed by atoms with Gasteiger partial charge in [0.25, 0.3) is 0 Å². The summed E-state index contributed by atoms with van der Waals surface area (Å²) >= 11 is 0. The number of nitrogens with one attached hydrogen (secondary N) is 2. The van der Waals surface area contributed by atoms with Crippen molar-refractivity contribution in [3.8, 4) is 0 Å². The summed E-state index contributed by atoms with van der Waals surface area (Å²) in [5.74, 6) is -0.827. The molecule has 1 heterocycles. The number of ether oxygens (including phenoxy) is 1. The van der Waals surface area contributed by atoms with E-state index in [0.717, 1.165) is 18.2 Å². The zero-order valence-electron chi connectivity index (χ0n) is 15.1. The van der Waals surface area contributed by atoms with Crippen LogP contribution in [0.2, 0.25) is 0 Å². The molecule has 0 aromatic heterocycles. The lowest BCUT2D eigenvalue weighted by Crippen LogP contribution is -2.45. The van der Waals surface area contributed by atoms with Gasteiger partial charge in [-0.15, -0.1) is 24.0 Å². The first-order valence-corrected chi connectivity index (χ1v) is 10.0. The van der Waals surface area contributed by atoms with Crippen molar-refractivity contribution >= 4 is 40.0 Å². The summed E-state index contributed by atoms with van der Waals surface area (Å²) < 4.78 is 57.9. The fraction of sp³-hybridized carbons (Fsp3) is 0.562. The van der Waals surface area contributed by atoms with Crippen molar-refractivity contribution in [3.63, 3.8) is 0 Å². The molecule has 0 aliphatic carbocycles. The van der Waals surface area contributed by atoms with Crippen LogP contribution in [0.1, 0.15) is 12.5 Å². The molecular formula is C16H25F2IN4O3S. The standard InChI is InChI=1S/C16H24F2N4O3S.HI/c1-2-19-16(21-12-13-11-14(17)3-4-15(13)18)20-5-10-26(23,24)22-6-8-25-9-7-22;/h3-4,11H,2,5-10,12H2,1H3,(H2,19,20,21);1H. The molecule has 1 saturated heterocycles. The van der Waals surface area contributed by atoms with E-state index >= 15 is 0 Å². The van der Waals surface area contributed by atoms with Crippen LogP contribution in [0.5, 0.6) is 0 Å². The Morgan fingerprint density at radius 3 is 2.63 bits per heavy atom. The van der Waals surface area contributed by atoms with E-state index in [1.54, 1.807) is 0 Å². The first-order valence-electron chi connectivity index (χ1n) is 8.44. The Morgan fingerprint density at radius 2 is 1.96 bits per heavy atom. The highest BCUT2D eigenvalue weighted by Crippen LogP contribution is 2.10. The van der Waals surface area contributed by atoms with Gasteiger partial charge >= 0.3 is 0 Å². The summed E-state index contributed by atoms with van der Waals surface area (Å²) in [7, 11) is -3.37. The summed E-state index contributed by atoms with van der Waals surface area (Å²) in [6.07, 6.45) is 0. The quantitative estimate of drug-likeness (QED) is 0.323. The Labute approximate surface area is 175 Å². The number of rotatable bonds is 7. The largest absolute Gasteiger partial charge is 0.379 e. The van der Waals surface area contributed by atoms with Gasteiger partial charge in [0.15, 0.2) is 5.96 Å². The van der Waals surface area contributed by atoms with E-state index in [-0.39, 0.29) is 48.4 Å². The second-order valence-electron chi connectivity index (χ2n) is 5.69.